The Hall–Kier alpha value is -1.31. The lowest BCUT2D eigenvalue weighted by molar-refractivity contribution is 0.401. The van der Waals surface area contributed by atoms with Crippen LogP contribution < -0.4 is 9.46 Å². The molecule has 4 nitrogen and oxygen atoms in total. The number of nitrogens with one attached hydrogen (secondary N) is 1. The Morgan fingerprint density at radius 2 is 1.95 bits per heavy atom. The average molecular weight is 395 g/mol. The first-order valence-corrected chi connectivity index (χ1v) is 8.30. The third-order valence-corrected chi connectivity index (χ3v) is 5.22. The highest BCUT2D eigenvalue weighted by molar-refractivity contribution is 9.10. The molecule has 0 amide bonds. The fourth-order valence-electron chi connectivity index (χ4n) is 1.63. The Bertz CT molecular complexity index is 783. The summed E-state index contributed by atoms with van der Waals surface area (Å²) in [6.07, 6.45) is 0. The van der Waals surface area contributed by atoms with Crippen molar-refractivity contribution in [3.8, 4) is 5.75 Å². The minimum atomic E-state index is -4.00. The van der Waals surface area contributed by atoms with Crippen LogP contribution in [0.1, 0.15) is 0 Å². The molecule has 0 radical (unpaired) electrons. The van der Waals surface area contributed by atoms with Gasteiger partial charge in [-0.25, -0.2) is 12.8 Å². The molecule has 0 heterocycles. The topological polar surface area (TPSA) is 55.4 Å². The van der Waals surface area contributed by atoms with E-state index in [0.717, 1.165) is 12.1 Å². The first kappa shape index (κ1) is 16.1. The number of hydrogen-bond donors (Lipinski definition) is 1. The normalized spacial score (nSPS) is 11.2. The highest BCUT2D eigenvalue weighted by atomic mass is 79.9. The molecule has 0 aromatic heterocycles. The van der Waals surface area contributed by atoms with Crippen molar-refractivity contribution >= 4 is 43.2 Å². The molecule has 0 aliphatic heterocycles. The van der Waals surface area contributed by atoms with Crippen molar-refractivity contribution in [3.63, 3.8) is 0 Å². The van der Waals surface area contributed by atoms with Gasteiger partial charge in [0.2, 0.25) is 0 Å². The van der Waals surface area contributed by atoms with Crippen molar-refractivity contribution in [2.75, 3.05) is 11.8 Å². The quantitative estimate of drug-likeness (QED) is 0.851. The second kappa shape index (κ2) is 6.21. The lowest BCUT2D eigenvalue weighted by atomic mass is 10.3. The summed E-state index contributed by atoms with van der Waals surface area (Å²) in [4.78, 5) is -0.288. The SMILES string of the molecule is COc1ccc(F)cc1S(=O)(=O)Nc1ccc(Br)c(Cl)c1. The number of methoxy groups -OCH3 is 1. The minimum absolute atomic E-state index is 0.0482. The molecule has 0 bridgehead atoms. The number of sulfonamides is 1. The molecule has 0 fully saturated rings. The summed E-state index contributed by atoms with van der Waals surface area (Å²) < 4.78 is 45.8. The molecule has 0 saturated carbocycles. The lowest BCUT2D eigenvalue weighted by Gasteiger charge is -2.12. The van der Waals surface area contributed by atoms with Gasteiger partial charge in [-0.2, -0.15) is 0 Å². The molecule has 8 heteroatoms. The number of rotatable bonds is 4. The molecule has 2 aromatic rings. The maximum absolute atomic E-state index is 13.3. The molecular weight excluding hydrogens is 385 g/mol. The summed E-state index contributed by atoms with van der Waals surface area (Å²) >= 11 is 9.11. The Labute approximate surface area is 135 Å². The zero-order chi connectivity index (χ0) is 15.6. The summed E-state index contributed by atoms with van der Waals surface area (Å²) in [5.41, 5.74) is 0.259. The predicted octanol–water partition coefficient (Wildman–Crippen LogP) is 4.05. The van der Waals surface area contributed by atoms with E-state index in [1.165, 1.54) is 25.3 Å². The smallest absolute Gasteiger partial charge is 0.265 e. The van der Waals surface area contributed by atoms with E-state index in [4.69, 9.17) is 16.3 Å². The van der Waals surface area contributed by atoms with Crippen LogP contribution in [0, 0.1) is 5.82 Å². The van der Waals surface area contributed by atoms with Crippen molar-refractivity contribution in [2.24, 2.45) is 0 Å². The molecule has 2 aromatic carbocycles. The molecule has 1 N–H and O–H groups in total. The van der Waals surface area contributed by atoms with Crippen LogP contribution in [0.2, 0.25) is 5.02 Å². The monoisotopic (exact) mass is 393 g/mol. The van der Waals surface area contributed by atoms with Gasteiger partial charge in [-0.1, -0.05) is 11.6 Å². The fourth-order valence-corrected chi connectivity index (χ4v) is 3.29. The van der Waals surface area contributed by atoms with Crippen molar-refractivity contribution in [3.05, 3.63) is 51.7 Å². The van der Waals surface area contributed by atoms with Crippen LogP contribution in [0.15, 0.2) is 45.8 Å². The summed E-state index contributed by atoms with van der Waals surface area (Å²) in [5.74, 6) is -0.628. The van der Waals surface area contributed by atoms with E-state index in [0.29, 0.717) is 9.50 Å². The van der Waals surface area contributed by atoms with Gasteiger partial charge in [0.15, 0.2) is 0 Å². The van der Waals surface area contributed by atoms with Crippen LogP contribution in [0.5, 0.6) is 5.75 Å². The molecular formula is C13H10BrClFNO3S. The van der Waals surface area contributed by atoms with Crippen molar-refractivity contribution < 1.29 is 17.5 Å². The molecule has 21 heavy (non-hydrogen) atoms. The Morgan fingerprint density at radius 1 is 1.24 bits per heavy atom. The van der Waals surface area contributed by atoms with Gasteiger partial charge in [-0.05, 0) is 52.3 Å². The number of hydrogen-bond acceptors (Lipinski definition) is 3. The van der Waals surface area contributed by atoms with Crippen LogP contribution in [-0.2, 0) is 10.0 Å². The molecule has 0 atom stereocenters. The first-order chi connectivity index (χ1) is 9.83. The zero-order valence-electron chi connectivity index (χ0n) is 10.7. The highest BCUT2D eigenvalue weighted by Crippen LogP contribution is 2.29. The van der Waals surface area contributed by atoms with Crippen LogP contribution >= 0.6 is 27.5 Å². The second-order valence-corrected chi connectivity index (χ2v) is 6.94. The number of ether oxygens (including phenoxy) is 1. The van der Waals surface area contributed by atoms with E-state index in [9.17, 15) is 12.8 Å². The van der Waals surface area contributed by atoms with Gasteiger partial charge in [-0.15, -0.1) is 0 Å². The highest BCUT2D eigenvalue weighted by Gasteiger charge is 2.20. The number of halogens is 3. The van der Waals surface area contributed by atoms with E-state index < -0.39 is 15.8 Å². The van der Waals surface area contributed by atoms with E-state index in [1.54, 1.807) is 6.07 Å². The second-order valence-electron chi connectivity index (χ2n) is 4.03. The van der Waals surface area contributed by atoms with E-state index >= 15 is 0 Å². The largest absolute Gasteiger partial charge is 0.495 e. The van der Waals surface area contributed by atoms with Gasteiger partial charge in [0.05, 0.1) is 17.8 Å². The first-order valence-electron chi connectivity index (χ1n) is 5.65. The van der Waals surface area contributed by atoms with Crippen LogP contribution in [0.4, 0.5) is 10.1 Å². The minimum Gasteiger partial charge on any atom is -0.495 e. The van der Waals surface area contributed by atoms with Crippen molar-refractivity contribution in [2.45, 2.75) is 4.90 Å². The Morgan fingerprint density at radius 3 is 2.57 bits per heavy atom. The summed E-state index contributed by atoms with van der Waals surface area (Å²) in [7, 11) is -2.69. The standard InChI is InChI=1S/C13H10BrClFNO3S/c1-20-12-5-2-8(16)6-13(12)21(18,19)17-9-3-4-10(14)11(15)7-9/h2-7,17H,1H3. The summed E-state index contributed by atoms with van der Waals surface area (Å²) in [6.45, 7) is 0. The maximum Gasteiger partial charge on any atom is 0.265 e. The maximum atomic E-state index is 13.3. The van der Waals surface area contributed by atoms with Gasteiger partial charge < -0.3 is 4.74 Å². The molecule has 0 spiro atoms. The molecule has 0 aliphatic rings. The Kier molecular flexibility index (Phi) is 4.75. The van der Waals surface area contributed by atoms with E-state index in [2.05, 4.69) is 20.7 Å². The van der Waals surface area contributed by atoms with Gasteiger partial charge in [0.25, 0.3) is 10.0 Å². The number of benzene rings is 2. The van der Waals surface area contributed by atoms with Crippen LogP contribution in [0.3, 0.4) is 0 Å². The molecule has 2 rings (SSSR count). The molecule has 0 saturated heterocycles. The molecule has 0 unspecified atom stereocenters. The number of anilines is 1. The van der Waals surface area contributed by atoms with Crippen LogP contribution in [0.25, 0.3) is 0 Å². The third kappa shape index (κ3) is 3.66. The summed E-state index contributed by atoms with van der Waals surface area (Å²) in [5, 5.41) is 0.349. The summed E-state index contributed by atoms with van der Waals surface area (Å²) in [6, 6.07) is 7.83. The van der Waals surface area contributed by atoms with E-state index in [-0.39, 0.29) is 16.3 Å². The fraction of sp³-hybridized carbons (Fsp3) is 0.0769. The van der Waals surface area contributed by atoms with E-state index in [1.807, 2.05) is 0 Å². The van der Waals surface area contributed by atoms with Gasteiger partial charge >= 0.3 is 0 Å². The Balaban J connectivity index is 2.42. The predicted molar refractivity (Wildman–Crippen MR) is 82.9 cm³/mol. The van der Waals surface area contributed by atoms with Gasteiger partial charge in [0.1, 0.15) is 16.5 Å². The zero-order valence-corrected chi connectivity index (χ0v) is 13.9. The average Bonchev–Trinajstić information content (AvgIpc) is 2.42. The van der Waals surface area contributed by atoms with Gasteiger partial charge in [-0.3, -0.25) is 4.72 Å². The molecule has 112 valence electrons. The third-order valence-electron chi connectivity index (χ3n) is 2.59. The van der Waals surface area contributed by atoms with Crippen molar-refractivity contribution in [1.29, 1.82) is 0 Å². The van der Waals surface area contributed by atoms with Gasteiger partial charge in [0, 0.05) is 4.47 Å². The lowest BCUT2D eigenvalue weighted by Crippen LogP contribution is -2.14. The van der Waals surface area contributed by atoms with Crippen LogP contribution in [-0.4, -0.2) is 15.5 Å². The van der Waals surface area contributed by atoms with Crippen molar-refractivity contribution in [1.82, 2.24) is 0 Å². The molecule has 0 aliphatic carbocycles.